The Balaban J connectivity index is 1.74. The van der Waals surface area contributed by atoms with Gasteiger partial charge in [0.25, 0.3) is 14.1 Å². The number of nitrogens with one attached hydrogen (secondary N) is 2. The molecule has 16 nitrogen and oxygen atoms in total. The smallest absolute Gasteiger partial charge is 0.337 e. The summed E-state index contributed by atoms with van der Waals surface area (Å²) in [5.74, 6) is -2.23. The summed E-state index contributed by atoms with van der Waals surface area (Å²) in [4.78, 5) is 36.6. The SMILES string of the molecule is COP(=O)(COC12C[C@H]1[C@@H](OP(OCCC#N)N(C(C)C)C(C)C)[C@H](n1cnc3c(=O)[nH]c(NC(=O)C(C)C)nc31)O2)OC. The molecule has 2 aromatic heterocycles. The van der Waals surface area contributed by atoms with E-state index < -0.39 is 39.8 Å². The van der Waals surface area contributed by atoms with E-state index in [-0.39, 0.29) is 66.3 Å². The number of rotatable bonds is 16. The van der Waals surface area contributed by atoms with Gasteiger partial charge in [0.1, 0.15) is 6.10 Å². The first-order chi connectivity index (χ1) is 20.8. The second kappa shape index (κ2) is 14.0. The van der Waals surface area contributed by atoms with Gasteiger partial charge in [0, 0.05) is 44.6 Å². The van der Waals surface area contributed by atoms with Gasteiger partial charge in [-0.2, -0.15) is 10.2 Å². The van der Waals surface area contributed by atoms with Crippen molar-refractivity contribution in [2.45, 2.75) is 84.6 Å². The van der Waals surface area contributed by atoms with Crippen molar-refractivity contribution >= 4 is 39.1 Å². The highest BCUT2D eigenvalue weighted by Gasteiger charge is 2.71. The van der Waals surface area contributed by atoms with Crippen molar-refractivity contribution in [2.75, 3.05) is 32.5 Å². The lowest BCUT2D eigenvalue weighted by atomic mass is 10.2. The van der Waals surface area contributed by atoms with Crippen LogP contribution in [0, 0.1) is 23.2 Å². The van der Waals surface area contributed by atoms with Crippen molar-refractivity contribution in [2.24, 2.45) is 11.8 Å². The Kier molecular flexibility index (Phi) is 11.0. The van der Waals surface area contributed by atoms with Crippen molar-refractivity contribution in [1.82, 2.24) is 24.2 Å². The van der Waals surface area contributed by atoms with Crippen LogP contribution in [-0.4, -0.2) is 81.2 Å². The van der Waals surface area contributed by atoms with Crippen LogP contribution in [0.1, 0.15) is 60.6 Å². The number of hydrogen-bond donors (Lipinski definition) is 2. The summed E-state index contributed by atoms with van der Waals surface area (Å²) in [5, 5.41) is 11.8. The number of aromatic amines is 1. The number of nitrogens with zero attached hydrogens (tertiary/aromatic N) is 5. The molecule has 0 aromatic carbocycles. The number of ether oxygens (including phenoxy) is 2. The fraction of sp³-hybridized carbons (Fsp3) is 0.731. The molecule has 2 aromatic rings. The second-order valence-corrected chi connectivity index (χ2v) is 15.0. The number of carbonyl (C=O) groups excluding carboxylic acids is 1. The van der Waals surface area contributed by atoms with Crippen molar-refractivity contribution in [1.29, 1.82) is 5.26 Å². The van der Waals surface area contributed by atoms with E-state index in [0.29, 0.717) is 6.42 Å². The van der Waals surface area contributed by atoms with Crippen molar-refractivity contribution in [3.05, 3.63) is 16.7 Å². The van der Waals surface area contributed by atoms with Gasteiger partial charge in [-0.3, -0.25) is 29.0 Å². The van der Waals surface area contributed by atoms with Crippen LogP contribution in [-0.2, 0) is 36.9 Å². The van der Waals surface area contributed by atoms with Gasteiger partial charge in [-0.25, -0.2) is 9.65 Å². The van der Waals surface area contributed by atoms with Crippen molar-refractivity contribution in [3.63, 3.8) is 0 Å². The van der Waals surface area contributed by atoms with Crippen LogP contribution >= 0.6 is 16.1 Å². The topological polar surface area (TPSA) is 192 Å². The molecule has 244 valence electrons. The number of H-pyrrole nitrogens is 1. The lowest BCUT2D eigenvalue weighted by molar-refractivity contribution is -0.188. The largest absolute Gasteiger partial charge is 0.355 e. The number of fused-ring (bicyclic) bond motifs is 2. The molecule has 0 radical (unpaired) electrons. The normalized spacial score (nSPS) is 23.9. The van der Waals surface area contributed by atoms with E-state index >= 15 is 0 Å². The Hall–Kier alpha value is -2.31. The Bertz CT molecular complexity index is 1460. The van der Waals surface area contributed by atoms with Gasteiger partial charge < -0.3 is 27.6 Å². The molecule has 1 amide bonds. The zero-order valence-corrected chi connectivity index (χ0v) is 28.0. The Labute approximate surface area is 257 Å². The number of hydrogen-bond acceptors (Lipinski definition) is 13. The standard InChI is InChI=1S/C26H41N7O9P2/c1-15(2)22(34)30-25-29-21-19(23(35)31-25)28-13-32(21)24-20(18-12-26(18,41-24)39-14-44(36,37-7)38-8)42-43(40-11-9-10-27)33(16(3)4)17(5)6/h13,15-18,20,24H,9,11-12,14H2,1-8H3,(H2,29,30,31,34,35)/t18-,20+,24+,26?,43?/m0/s1. The molecule has 0 bridgehead atoms. The fourth-order valence-corrected chi connectivity index (χ4v) is 7.46. The Morgan fingerprint density at radius 1 is 1.30 bits per heavy atom. The highest BCUT2D eigenvalue weighted by atomic mass is 31.2. The highest BCUT2D eigenvalue weighted by molar-refractivity contribution is 7.53. The molecule has 2 aliphatic rings. The average molecular weight is 658 g/mol. The molecule has 3 heterocycles. The molecule has 1 aliphatic carbocycles. The number of aromatic nitrogens is 4. The predicted octanol–water partition coefficient (Wildman–Crippen LogP) is 4.08. The molecule has 1 saturated heterocycles. The Morgan fingerprint density at radius 3 is 2.57 bits per heavy atom. The van der Waals surface area contributed by atoms with Gasteiger partial charge in [0.05, 0.1) is 25.4 Å². The second-order valence-electron chi connectivity index (χ2n) is 11.4. The minimum Gasteiger partial charge on any atom is -0.337 e. The average Bonchev–Trinajstić information content (AvgIpc) is 3.36. The van der Waals surface area contributed by atoms with Crippen LogP contribution in [0.15, 0.2) is 11.1 Å². The van der Waals surface area contributed by atoms with E-state index in [1.807, 2.05) is 27.7 Å². The summed E-state index contributed by atoms with van der Waals surface area (Å²) in [7, 11) is -2.69. The van der Waals surface area contributed by atoms with Crippen LogP contribution in [0.5, 0.6) is 0 Å². The maximum Gasteiger partial charge on any atom is 0.355 e. The summed E-state index contributed by atoms with van der Waals surface area (Å²) in [5.41, 5.74) is -0.359. The Morgan fingerprint density at radius 2 is 1.98 bits per heavy atom. The van der Waals surface area contributed by atoms with E-state index in [4.69, 9.17) is 32.8 Å². The summed E-state index contributed by atoms with van der Waals surface area (Å²) in [6, 6.07) is 2.18. The van der Waals surface area contributed by atoms with Gasteiger partial charge in [0.2, 0.25) is 11.9 Å². The first kappa shape index (κ1) is 34.6. The van der Waals surface area contributed by atoms with E-state index in [1.165, 1.54) is 20.5 Å². The molecule has 18 heteroatoms. The van der Waals surface area contributed by atoms with Crippen LogP contribution in [0.2, 0.25) is 0 Å². The van der Waals surface area contributed by atoms with Crippen LogP contribution in [0.3, 0.4) is 0 Å². The van der Waals surface area contributed by atoms with E-state index in [2.05, 4.69) is 31.0 Å². The molecule has 44 heavy (non-hydrogen) atoms. The van der Waals surface area contributed by atoms with Gasteiger partial charge >= 0.3 is 7.60 Å². The summed E-state index contributed by atoms with van der Waals surface area (Å²) >= 11 is 0. The molecule has 2 unspecified atom stereocenters. The summed E-state index contributed by atoms with van der Waals surface area (Å²) < 4.78 is 52.0. The first-order valence-corrected chi connectivity index (χ1v) is 17.2. The number of nitriles is 1. The first-order valence-electron chi connectivity index (χ1n) is 14.3. The highest BCUT2D eigenvalue weighted by Crippen LogP contribution is 2.65. The third kappa shape index (κ3) is 7.22. The van der Waals surface area contributed by atoms with E-state index in [0.717, 1.165) is 0 Å². The maximum absolute atomic E-state index is 12.9. The lowest BCUT2D eigenvalue weighted by Crippen LogP contribution is -2.36. The quantitative estimate of drug-likeness (QED) is 0.194. The third-order valence-corrected chi connectivity index (χ3v) is 11.0. The van der Waals surface area contributed by atoms with Crippen molar-refractivity contribution < 1.29 is 36.9 Å². The maximum atomic E-state index is 12.9. The number of imidazole rings is 1. The number of amides is 1. The molecule has 5 atom stereocenters. The lowest BCUT2D eigenvalue weighted by Gasteiger charge is -2.37. The van der Waals surface area contributed by atoms with E-state index in [9.17, 15) is 14.2 Å². The molecular weight excluding hydrogens is 616 g/mol. The molecule has 1 aliphatic heterocycles. The predicted molar refractivity (Wildman–Crippen MR) is 160 cm³/mol. The molecular formula is C26H41N7O9P2. The van der Waals surface area contributed by atoms with Gasteiger partial charge in [-0.15, -0.1) is 0 Å². The zero-order valence-electron chi connectivity index (χ0n) is 26.2. The summed E-state index contributed by atoms with van der Waals surface area (Å²) in [6.07, 6.45) is 0.0541. The molecule has 1 saturated carbocycles. The van der Waals surface area contributed by atoms with Crippen LogP contribution in [0.25, 0.3) is 11.2 Å². The van der Waals surface area contributed by atoms with Crippen molar-refractivity contribution in [3.8, 4) is 6.07 Å². The minimum atomic E-state index is -3.53. The van der Waals surface area contributed by atoms with Gasteiger partial charge in [0.15, 0.2) is 29.5 Å². The zero-order chi connectivity index (χ0) is 32.4. The number of anilines is 1. The van der Waals surface area contributed by atoms with Gasteiger partial charge in [-0.05, 0) is 27.7 Å². The van der Waals surface area contributed by atoms with Crippen LogP contribution < -0.4 is 10.9 Å². The molecule has 0 spiro atoms. The molecule has 4 rings (SSSR count). The summed E-state index contributed by atoms with van der Waals surface area (Å²) in [6.45, 7) is 11.7. The minimum absolute atomic E-state index is 0.0345. The molecule has 2 N–H and O–H groups in total. The van der Waals surface area contributed by atoms with Crippen LogP contribution in [0.4, 0.5) is 5.95 Å². The molecule has 2 fully saturated rings. The van der Waals surface area contributed by atoms with E-state index in [1.54, 1.807) is 18.4 Å². The monoisotopic (exact) mass is 657 g/mol. The fourth-order valence-electron chi connectivity index (χ4n) is 4.96. The van der Waals surface area contributed by atoms with Gasteiger partial charge in [-0.1, -0.05) is 13.8 Å². The third-order valence-electron chi connectivity index (χ3n) is 7.28. The number of carbonyl (C=O) groups is 1.